The van der Waals surface area contributed by atoms with E-state index in [1.807, 2.05) is 45.0 Å². The molecule has 2 amide bonds. The summed E-state index contributed by atoms with van der Waals surface area (Å²) in [5.41, 5.74) is 2.01. The van der Waals surface area contributed by atoms with E-state index >= 15 is 0 Å². The second-order valence-corrected chi connectivity index (χ2v) is 9.43. The lowest BCUT2D eigenvalue weighted by atomic mass is 10.0. The summed E-state index contributed by atoms with van der Waals surface area (Å²) in [5, 5.41) is 6.04. The lowest BCUT2D eigenvalue weighted by Crippen LogP contribution is -2.52. The van der Waals surface area contributed by atoms with Crippen LogP contribution in [0.4, 0.5) is 10.5 Å². The third-order valence-electron chi connectivity index (χ3n) is 5.92. The Bertz CT molecular complexity index is 950. The van der Waals surface area contributed by atoms with Gasteiger partial charge in [0.05, 0.1) is 13.2 Å². The van der Waals surface area contributed by atoms with Gasteiger partial charge in [0.1, 0.15) is 5.75 Å². The Balaban J connectivity index is 1.45. The molecule has 1 atom stereocenters. The molecule has 0 bridgehead atoms. The van der Waals surface area contributed by atoms with Crippen LogP contribution in [-0.4, -0.2) is 63.1 Å². The summed E-state index contributed by atoms with van der Waals surface area (Å²) in [4.78, 5) is 17.3. The standard InChI is InChI=1S/C25H34N4O4/c1-25(2,3)27-24(30)26-16-21(18-5-10-22-23(15-18)33-17-32-22)29-13-11-28(12-14-29)19-6-8-20(31-4)9-7-19/h5-10,15,21H,11-14,16-17H2,1-4H3,(H2,26,27,30)/t21-/m0/s1. The molecule has 8 heteroatoms. The first-order valence-electron chi connectivity index (χ1n) is 11.4. The number of amides is 2. The van der Waals surface area contributed by atoms with Gasteiger partial charge in [0.2, 0.25) is 6.79 Å². The lowest BCUT2D eigenvalue weighted by Gasteiger charge is -2.40. The van der Waals surface area contributed by atoms with Crippen LogP contribution >= 0.6 is 0 Å². The van der Waals surface area contributed by atoms with Gasteiger partial charge in [-0.25, -0.2) is 4.79 Å². The number of methoxy groups -OCH3 is 1. The molecule has 0 unspecified atom stereocenters. The highest BCUT2D eigenvalue weighted by molar-refractivity contribution is 5.74. The van der Waals surface area contributed by atoms with Crippen molar-refractivity contribution in [1.82, 2.24) is 15.5 Å². The third kappa shape index (κ3) is 5.82. The van der Waals surface area contributed by atoms with Gasteiger partial charge < -0.3 is 29.7 Å². The topological polar surface area (TPSA) is 75.3 Å². The summed E-state index contributed by atoms with van der Waals surface area (Å²) in [6.45, 7) is 10.2. The number of ether oxygens (including phenoxy) is 3. The quantitative estimate of drug-likeness (QED) is 0.697. The Kier molecular flexibility index (Phi) is 6.83. The number of carbonyl (C=O) groups excluding carboxylic acids is 1. The van der Waals surface area contributed by atoms with E-state index in [1.54, 1.807) is 7.11 Å². The van der Waals surface area contributed by atoms with Crippen molar-refractivity contribution in [3.05, 3.63) is 48.0 Å². The van der Waals surface area contributed by atoms with Crippen molar-refractivity contribution in [2.75, 3.05) is 51.5 Å². The van der Waals surface area contributed by atoms with Gasteiger partial charge in [-0.3, -0.25) is 4.90 Å². The molecule has 0 aromatic heterocycles. The molecule has 2 aromatic carbocycles. The van der Waals surface area contributed by atoms with Crippen molar-refractivity contribution in [3.63, 3.8) is 0 Å². The zero-order valence-electron chi connectivity index (χ0n) is 19.9. The second kappa shape index (κ2) is 9.79. The SMILES string of the molecule is COc1ccc(N2CCN([C@@H](CNC(=O)NC(C)(C)C)c3ccc4c(c3)OCO4)CC2)cc1. The minimum atomic E-state index is -0.289. The van der Waals surface area contributed by atoms with E-state index in [9.17, 15) is 4.79 Å². The second-order valence-electron chi connectivity index (χ2n) is 9.43. The first-order chi connectivity index (χ1) is 15.8. The molecule has 0 aliphatic carbocycles. The molecule has 0 radical (unpaired) electrons. The zero-order chi connectivity index (χ0) is 23.4. The van der Waals surface area contributed by atoms with Gasteiger partial charge in [-0.1, -0.05) is 6.07 Å². The first kappa shape index (κ1) is 23.0. The van der Waals surface area contributed by atoms with E-state index in [-0.39, 0.29) is 24.4 Å². The summed E-state index contributed by atoms with van der Waals surface area (Å²) in [7, 11) is 1.68. The van der Waals surface area contributed by atoms with Gasteiger partial charge in [0.25, 0.3) is 0 Å². The van der Waals surface area contributed by atoms with Crippen molar-refractivity contribution >= 4 is 11.7 Å². The van der Waals surface area contributed by atoms with E-state index < -0.39 is 0 Å². The summed E-state index contributed by atoms with van der Waals surface area (Å²) >= 11 is 0. The highest BCUT2D eigenvalue weighted by Gasteiger charge is 2.28. The molecule has 8 nitrogen and oxygen atoms in total. The van der Waals surface area contributed by atoms with E-state index in [0.717, 1.165) is 49.0 Å². The van der Waals surface area contributed by atoms with Crippen LogP contribution in [0.1, 0.15) is 32.4 Å². The third-order valence-corrected chi connectivity index (χ3v) is 5.92. The smallest absolute Gasteiger partial charge is 0.315 e. The molecular weight excluding hydrogens is 420 g/mol. The Morgan fingerprint density at radius 1 is 1.03 bits per heavy atom. The number of piperazine rings is 1. The number of nitrogens with one attached hydrogen (secondary N) is 2. The Hall–Kier alpha value is -3.13. The van der Waals surface area contributed by atoms with Crippen LogP contribution in [0.15, 0.2) is 42.5 Å². The molecule has 178 valence electrons. The molecule has 33 heavy (non-hydrogen) atoms. The first-order valence-corrected chi connectivity index (χ1v) is 11.4. The average molecular weight is 455 g/mol. The van der Waals surface area contributed by atoms with Crippen LogP contribution in [0.3, 0.4) is 0 Å². The van der Waals surface area contributed by atoms with Crippen LogP contribution in [0.2, 0.25) is 0 Å². The van der Waals surface area contributed by atoms with Gasteiger partial charge in [-0.05, 0) is 62.7 Å². The van der Waals surface area contributed by atoms with E-state index in [4.69, 9.17) is 14.2 Å². The molecule has 4 rings (SSSR count). The number of urea groups is 1. The Morgan fingerprint density at radius 3 is 2.39 bits per heavy atom. The number of benzene rings is 2. The maximum absolute atomic E-state index is 12.4. The van der Waals surface area contributed by atoms with Gasteiger partial charge in [0, 0.05) is 44.0 Å². The lowest BCUT2D eigenvalue weighted by molar-refractivity contribution is 0.172. The highest BCUT2D eigenvalue weighted by Crippen LogP contribution is 2.36. The van der Waals surface area contributed by atoms with Gasteiger partial charge in [-0.15, -0.1) is 0 Å². The molecule has 2 N–H and O–H groups in total. The van der Waals surface area contributed by atoms with Crippen LogP contribution in [0.25, 0.3) is 0 Å². The van der Waals surface area contributed by atoms with Crippen LogP contribution in [0.5, 0.6) is 17.2 Å². The number of hydrogen-bond acceptors (Lipinski definition) is 6. The van der Waals surface area contributed by atoms with E-state index in [0.29, 0.717) is 6.54 Å². The Labute approximate surface area is 195 Å². The molecule has 0 spiro atoms. The normalized spacial score (nSPS) is 16.9. The fourth-order valence-electron chi connectivity index (χ4n) is 4.24. The molecule has 1 fully saturated rings. The monoisotopic (exact) mass is 454 g/mol. The predicted octanol–water partition coefficient (Wildman–Crippen LogP) is 3.38. The van der Waals surface area contributed by atoms with Crippen LogP contribution in [0, 0.1) is 0 Å². The summed E-state index contributed by atoms with van der Waals surface area (Å²) in [6, 6.07) is 14.1. The van der Waals surface area contributed by atoms with E-state index in [1.165, 1.54) is 5.69 Å². The summed E-state index contributed by atoms with van der Waals surface area (Å²) < 4.78 is 16.4. The number of fused-ring (bicyclic) bond motifs is 1. The Morgan fingerprint density at radius 2 is 1.73 bits per heavy atom. The summed E-state index contributed by atoms with van der Waals surface area (Å²) in [5.74, 6) is 2.38. The van der Waals surface area contributed by atoms with Crippen molar-refractivity contribution in [2.45, 2.75) is 32.4 Å². The van der Waals surface area contributed by atoms with Crippen molar-refractivity contribution < 1.29 is 19.0 Å². The number of hydrogen-bond donors (Lipinski definition) is 2. The zero-order valence-corrected chi connectivity index (χ0v) is 19.9. The summed E-state index contributed by atoms with van der Waals surface area (Å²) in [6.07, 6.45) is 0. The molecule has 2 aliphatic rings. The molecule has 2 aromatic rings. The molecular formula is C25H34N4O4. The van der Waals surface area contributed by atoms with E-state index in [2.05, 4.69) is 38.6 Å². The minimum Gasteiger partial charge on any atom is -0.497 e. The fraction of sp³-hybridized carbons (Fsp3) is 0.480. The fourth-order valence-corrected chi connectivity index (χ4v) is 4.24. The van der Waals surface area contributed by atoms with Crippen molar-refractivity contribution in [1.29, 1.82) is 0 Å². The highest BCUT2D eigenvalue weighted by atomic mass is 16.7. The number of anilines is 1. The predicted molar refractivity (Wildman–Crippen MR) is 128 cm³/mol. The maximum Gasteiger partial charge on any atom is 0.315 e. The van der Waals surface area contributed by atoms with Gasteiger partial charge in [-0.2, -0.15) is 0 Å². The van der Waals surface area contributed by atoms with Gasteiger partial charge in [0.15, 0.2) is 11.5 Å². The van der Waals surface area contributed by atoms with Crippen LogP contribution in [-0.2, 0) is 0 Å². The van der Waals surface area contributed by atoms with Crippen molar-refractivity contribution in [2.24, 2.45) is 0 Å². The molecule has 2 heterocycles. The molecule has 2 aliphatic heterocycles. The molecule has 0 saturated carbocycles. The van der Waals surface area contributed by atoms with Gasteiger partial charge >= 0.3 is 6.03 Å². The number of carbonyl (C=O) groups is 1. The van der Waals surface area contributed by atoms with Crippen LogP contribution < -0.4 is 29.7 Å². The minimum absolute atomic E-state index is 0.0308. The number of nitrogens with zero attached hydrogens (tertiary/aromatic N) is 2. The van der Waals surface area contributed by atoms with Crippen molar-refractivity contribution in [3.8, 4) is 17.2 Å². The average Bonchev–Trinajstić information content (AvgIpc) is 3.27. The molecule has 1 saturated heterocycles. The largest absolute Gasteiger partial charge is 0.497 e. The maximum atomic E-state index is 12.4. The number of rotatable bonds is 6.